The van der Waals surface area contributed by atoms with Crippen molar-refractivity contribution in [1.82, 2.24) is 0 Å². The molecule has 0 fully saturated rings. The molecule has 0 bridgehead atoms. The summed E-state index contributed by atoms with van der Waals surface area (Å²) < 4.78 is 23.0. The Bertz CT molecular complexity index is 1340. The van der Waals surface area contributed by atoms with E-state index < -0.39 is 18.0 Å². The minimum Gasteiger partial charge on any atom is -0.493 e. The monoisotopic (exact) mass is 658 g/mol. The van der Waals surface area contributed by atoms with Crippen LogP contribution in [0.5, 0.6) is 17.2 Å². The summed E-state index contributed by atoms with van der Waals surface area (Å²) in [6.45, 7) is 11.4. The maximum Gasteiger partial charge on any atom is 0.343 e. The third-order valence-corrected chi connectivity index (χ3v) is 8.61. The highest BCUT2D eigenvalue weighted by Gasteiger charge is 2.17. The van der Waals surface area contributed by atoms with Gasteiger partial charge in [0.15, 0.2) is 6.10 Å². The van der Waals surface area contributed by atoms with E-state index in [-0.39, 0.29) is 0 Å². The van der Waals surface area contributed by atoms with E-state index in [9.17, 15) is 9.59 Å². The zero-order valence-electron chi connectivity index (χ0n) is 30.1. The van der Waals surface area contributed by atoms with Crippen molar-refractivity contribution < 1.29 is 28.5 Å². The smallest absolute Gasteiger partial charge is 0.343 e. The number of benzene rings is 3. The topological polar surface area (TPSA) is 71.1 Å². The van der Waals surface area contributed by atoms with E-state index in [0.717, 1.165) is 47.3 Å². The van der Waals surface area contributed by atoms with Gasteiger partial charge in [-0.25, -0.2) is 9.59 Å². The van der Waals surface area contributed by atoms with Crippen LogP contribution in [0.2, 0.25) is 0 Å². The Labute approximate surface area is 289 Å². The Morgan fingerprint density at radius 1 is 0.583 bits per heavy atom. The second kappa shape index (κ2) is 22.1. The highest BCUT2D eigenvalue weighted by Crippen LogP contribution is 2.28. The molecule has 0 amide bonds. The fourth-order valence-electron chi connectivity index (χ4n) is 5.71. The molecule has 48 heavy (non-hydrogen) atoms. The van der Waals surface area contributed by atoms with Gasteiger partial charge < -0.3 is 18.9 Å². The van der Waals surface area contributed by atoms with E-state index in [1.807, 2.05) is 50.2 Å². The molecule has 6 heteroatoms. The van der Waals surface area contributed by atoms with Crippen molar-refractivity contribution in [3.05, 3.63) is 77.4 Å². The van der Waals surface area contributed by atoms with Gasteiger partial charge in [-0.05, 0) is 92.3 Å². The highest BCUT2D eigenvalue weighted by atomic mass is 16.6. The van der Waals surface area contributed by atoms with Crippen LogP contribution in [0.25, 0.3) is 11.1 Å². The summed E-state index contributed by atoms with van der Waals surface area (Å²) in [5, 5.41) is 0. The Hall–Kier alpha value is -3.64. The standard InChI is InChI=1S/C42H58O6/c1-6-8-10-12-14-15-17-19-29-46-40-32(3)30-37(31-33(40)4)42(44)48-39-26-22-36(23-27-39)35-20-24-38(25-21-35)47-41(43)34(5)45-28-18-16-13-11-9-7-2/h20-27,30-31,34H,6-19,28-29H2,1-5H3/t34-/m0/s1. The predicted octanol–water partition coefficient (Wildman–Crippen LogP) is 11.4. The molecule has 0 aliphatic heterocycles. The fourth-order valence-corrected chi connectivity index (χ4v) is 5.71. The third-order valence-electron chi connectivity index (χ3n) is 8.61. The number of ether oxygens (including phenoxy) is 4. The van der Waals surface area contributed by atoms with Gasteiger partial charge in [0.1, 0.15) is 17.2 Å². The van der Waals surface area contributed by atoms with Crippen LogP contribution in [0.4, 0.5) is 0 Å². The van der Waals surface area contributed by atoms with Gasteiger partial charge in [-0.3, -0.25) is 0 Å². The minimum absolute atomic E-state index is 0.397. The molecule has 1 atom stereocenters. The number of unbranched alkanes of at least 4 members (excludes halogenated alkanes) is 12. The molecule has 0 spiro atoms. The van der Waals surface area contributed by atoms with Crippen molar-refractivity contribution in [1.29, 1.82) is 0 Å². The summed E-state index contributed by atoms with van der Waals surface area (Å²) >= 11 is 0. The lowest BCUT2D eigenvalue weighted by molar-refractivity contribution is -0.146. The number of aryl methyl sites for hydroxylation is 2. The van der Waals surface area contributed by atoms with Crippen LogP contribution in [0.15, 0.2) is 60.7 Å². The molecule has 3 aromatic rings. The molecule has 0 radical (unpaired) electrons. The number of carbonyl (C=O) groups is 2. The van der Waals surface area contributed by atoms with E-state index in [2.05, 4.69) is 13.8 Å². The summed E-state index contributed by atoms with van der Waals surface area (Å²) in [4.78, 5) is 25.5. The summed E-state index contributed by atoms with van der Waals surface area (Å²) in [6, 6.07) is 18.4. The largest absolute Gasteiger partial charge is 0.493 e. The molecule has 3 rings (SSSR count). The van der Waals surface area contributed by atoms with E-state index in [1.54, 1.807) is 31.2 Å². The van der Waals surface area contributed by atoms with Crippen molar-refractivity contribution in [2.45, 2.75) is 131 Å². The van der Waals surface area contributed by atoms with Gasteiger partial charge in [-0.2, -0.15) is 0 Å². The molecule has 3 aromatic carbocycles. The molecule has 0 saturated carbocycles. The lowest BCUT2D eigenvalue weighted by Crippen LogP contribution is -2.26. The van der Waals surface area contributed by atoms with E-state index in [4.69, 9.17) is 18.9 Å². The summed E-state index contributed by atoms with van der Waals surface area (Å²) in [6.07, 6.45) is 16.5. The van der Waals surface area contributed by atoms with Gasteiger partial charge >= 0.3 is 11.9 Å². The van der Waals surface area contributed by atoms with Crippen molar-refractivity contribution in [3.63, 3.8) is 0 Å². The Morgan fingerprint density at radius 2 is 1.02 bits per heavy atom. The van der Waals surface area contributed by atoms with E-state index in [1.165, 1.54) is 70.6 Å². The van der Waals surface area contributed by atoms with Crippen LogP contribution in [0.3, 0.4) is 0 Å². The van der Waals surface area contributed by atoms with Crippen LogP contribution in [0, 0.1) is 13.8 Å². The van der Waals surface area contributed by atoms with Crippen LogP contribution in [-0.4, -0.2) is 31.3 Å². The quantitative estimate of drug-likeness (QED) is 0.0573. The van der Waals surface area contributed by atoms with Gasteiger partial charge in [0.05, 0.1) is 12.2 Å². The first kappa shape index (κ1) is 38.8. The van der Waals surface area contributed by atoms with E-state index >= 15 is 0 Å². The number of hydrogen-bond donors (Lipinski definition) is 0. The van der Waals surface area contributed by atoms with Crippen LogP contribution in [0.1, 0.15) is 132 Å². The lowest BCUT2D eigenvalue weighted by Gasteiger charge is -2.14. The van der Waals surface area contributed by atoms with Crippen molar-refractivity contribution in [3.8, 4) is 28.4 Å². The molecular formula is C42H58O6. The van der Waals surface area contributed by atoms with Gasteiger partial charge in [0.25, 0.3) is 0 Å². The van der Waals surface area contributed by atoms with Gasteiger partial charge in [-0.15, -0.1) is 0 Å². The molecule has 0 heterocycles. The first-order chi connectivity index (χ1) is 23.3. The number of carbonyl (C=O) groups excluding carboxylic acids is 2. The zero-order valence-corrected chi connectivity index (χ0v) is 30.1. The van der Waals surface area contributed by atoms with Crippen LogP contribution in [-0.2, 0) is 9.53 Å². The Balaban J connectivity index is 1.43. The fraction of sp³-hybridized carbons (Fsp3) is 0.524. The molecule has 0 aliphatic carbocycles. The summed E-state index contributed by atoms with van der Waals surface area (Å²) in [5.41, 5.74) is 4.27. The number of esters is 2. The average Bonchev–Trinajstić information content (AvgIpc) is 3.08. The molecule has 6 nitrogen and oxygen atoms in total. The van der Waals surface area contributed by atoms with Gasteiger partial charge in [0.2, 0.25) is 0 Å². The number of rotatable bonds is 23. The molecular weight excluding hydrogens is 600 g/mol. The first-order valence-corrected chi connectivity index (χ1v) is 18.3. The van der Waals surface area contributed by atoms with Crippen molar-refractivity contribution in [2.24, 2.45) is 0 Å². The van der Waals surface area contributed by atoms with Crippen LogP contribution < -0.4 is 14.2 Å². The minimum atomic E-state index is -0.612. The van der Waals surface area contributed by atoms with Gasteiger partial charge in [-0.1, -0.05) is 115 Å². The van der Waals surface area contributed by atoms with Crippen molar-refractivity contribution in [2.75, 3.05) is 13.2 Å². The first-order valence-electron chi connectivity index (χ1n) is 18.3. The number of hydrogen-bond acceptors (Lipinski definition) is 6. The lowest BCUT2D eigenvalue weighted by atomic mass is 10.1. The summed E-state index contributed by atoms with van der Waals surface area (Å²) in [5.74, 6) is 0.992. The SMILES string of the molecule is CCCCCCCCCCOc1c(C)cc(C(=O)Oc2ccc(-c3ccc(OC(=O)[C@H](C)OCCCCCCCC)cc3)cc2)cc1C. The van der Waals surface area contributed by atoms with Crippen LogP contribution >= 0.6 is 0 Å². The average molecular weight is 659 g/mol. The van der Waals surface area contributed by atoms with Gasteiger partial charge in [0, 0.05) is 6.61 Å². The zero-order chi connectivity index (χ0) is 34.6. The molecule has 0 aromatic heterocycles. The molecule has 262 valence electrons. The normalized spacial score (nSPS) is 11.7. The summed E-state index contributed by atoms with van der Waals surface area (Å²) in [7, 11) is 0. The van der Waals surface area contributed by atoms with Crippen molar-refractivity contribution >= 4 is 11.9 Å². The maximum atomic E-state index is 13.0. The Morgan fingerprint density at radius 3 is 1.52 bits per heavy atom. The van der Waals surface area contributed by atoms with E-state index in [0.29, 0.717) is 30.3 Å². The Kier molecular flexibility index (Phi) is 17.9. The second-order valence-corrected chi connectivity index (χ2v) is 12.9. The predicted molar refractivity (Wildman–Crippen MR) is 195 cm³/mol. The second-order valence-electron chi connectivity index (χ2n) is 12.9. The third kappa shape index (κ3) is 13.8. The molecule has 0 aliphatic rings. The maximum absolute atomic E-state index is 13.0. The molecule has 0 unspecified atom stereocenters. The molecule has 0 N–H and O–H groups in total. The molecule has 0 saturated heterocycles. The highest BCUT2D eigenvalue weighted by molar-refractivity contribution is 5.92.